The van der Waals surface area contributed by atoms with Gasteiger partial charge in [-0.2, -0.15) is 0 Å². The van der Waals surface area contributed by atoms with Crippen LogP contribution >= 0.6 is 0 Å². The second kappa shape index (κ2) is 6.60. The number of nitrogens with zero attached hydrogens (tertiary/aromatic N) is 1. The Hall–Kier alpha value is -0.770. The Balaban J connectivity index is 2.38. The topological polar surface area (TPSA) is 38.8 Å². The summed E-state index contributed by atoms with van der Waals surface area (Å²) in [6, 6.07) is 0. The molecule has 0 aliphatic carbocycles. The van der Waals surface area contributed by atoms with Gasteiger partial charge in [0.1, 0.15) is 5.60 Å². The van der Waals surface area contributed by atoms with Gasteiger partial charge in [-0.05, 0) is 60.3 Å². The van der Waals surface area contributed by atoms with Gasteiger partial charge in [0.15, 0.2) is 0 Å². The average molecular weight is 271 g/mol. The Bertz CT molecular complexity index is 288. The third-order valence-corrected chi connectivity index (χ3v) is 3.34. The predicted octanol–water partition coefficient (Wildman–Crippen LogP) is 3.45. The van der Waals surface area contributed by atoms with Crippen LogP contribution in [0, 0.1) is 5.92 Å². The zero-order valence-electron chi connectivity index (χ0n) is 13.2. The second-order valence-electron chi connectivity index (χ2n) is 6.69. The fourth-order valence-corrected chi connectivity index (χ4v) is 2.42. The van der Waals surface area contributed by atoms with Crippen LogP contribution in [0.3, 0.4) is 0 Å². The molecule has 112 valence electrons. The van der Waals surface area contributed by atoms with Crippen LogP contribution in [-0.4, -0.2) is 41.9 Å². The molecule has 19 heavy (non-hydrogen) atoms. The van der Waals surface area contributed by atoms with Gasteiger partial charge in [-0.15, -0.1) is 0 Å². The normalized spacial score (nSPS) is 19.6. The van der Waals surface area contributed by atoms with Crippen LogP contribution in [0.25, 0.3) is 0 Å². The molecule has 0 aromatic carbocycles. The number of piperidine rings is 1. The van der Waals surface area contributed by atoms with Gasteiger partial charge in [0.25, 0.3) is 0 Å². The van der Waals surface area contributed by atoms with Gasteiger partial charge in [0, 0.05) is 13.1 Å². The van der Waals surface area contributed by atoms with Gasteiger partial charge < -0.3 is 14.4 Å². The zero-order valence-corrected chi connectivity index (χ0v) is 13.2. The van der Waals surface area contributed by atoms with Crippen molar-refractivity contribution < 1.29 is 14.3 Å². The minimum Gasteiger partial charge on any atom is -0.444 e. The molecule has 1 aliphatic heterocycles. The van der Waals surface area contributed by atoms with Crippen LogP contribution in [0.5, 0.6) is 0 Å². The maximum absolute atomic E-state index is 11.9. The molecule has 1 heterocycles. The van der Waals surface area contributed by atoms with E-state index < -0.39 is 5.60 Å². The van der Waals surface area contributed by atoms with Crippen molar-refractivity contribution in [2.75, 3.05) is 13.1 Å². The van der Waals surface area contributed by atoms with E-state index in [1.54, 1.807) is 0 Å². The number of amides is 1. The van der Waals surface area contributed by atoms with Gasteiger partial charge in [0.05, 0.1) is 12.2 Å². The molecule has 4 nitrogen and oxygen atoms in total. The fourth-order valence-electron chi connectivity index (χ4n) is 2.42. The van der Waals surface area contributed by atoms with Crippen molar-refractivity contribution in [3.8, 4) is 0 Å². The van der Waals surface area contributed by atoms with E-state index in [2.05, 4.69) is 20.8 Å². The number of likely N-dealkylation sites (tertiary alicyclic amines) is 1. The first kappa shape index (κ1) is 16.3. The summed E-state index contributed by atoms with van der Waals surface area (Å²) >= 11 is 0. The molecule has 1 aliphatic rings. The smallest absolute Gasteiger partial charge is 0.410 e. The standard InChI is InChI=1S/C15H29NO3/c1-11(2)18-12(3)13-7-9-16(10-8-13)14(17)19-15(4,5)6/h11-13H,7-10H2,1-6H3. The molecule has 1 saturated heterocycles. The van der Waals surface area contributed by atoms with Crippen molar-refractivity contribution in [2.24, 2.45) is 5.92 Å². The van der Waals surface area contributed by atoms with Crippen molar-refractivity contribution in [1.29, 1.82) is 0 Å². The molecule has 1 unspecified atom stereocenters. The molecule has 4 heteroatoms. The van der Waals surface area contributed by atoms with Crippen molar-refractivity contribution in [3.05, 3.63) is 0 Å². The molecule has 1 amide bonds. The van der Waals surface area contributed by atoms with E-state index in [0.717, 1.165) is 25.9 Å². The molecular weight excluding hydrogens is 242 g/mol. The SMILES string of the molecule is CC(C)OC(C)C1CCN(C(=O)OC(C)(C)C)CC1. The minimum absolute atomic E-state index is 0.191. The lowest BCUT2D eigenvalue weighted by Gasteiger charge is -2.36. The van der Waals surface area contributed by atoms with E-state index in [9.17, 15) is 4.79 Å². The largest absolute Gasteiger partial charge is 0.444 e. The number of carbonyl (C=O) groups is 1. The van der Waals surface area contributed by atoms with Crippen LogP contribution in [0.4, 0.5) is 4.79 Å². The zero-order chi connectivity index (χ0) is 14.6. The molecule has 1 fully saturated rings. The molecule has 0 N–H and O–H groups in total. The lowest BCUT2D eigenvalue weighted by molar-refractivity contribution is -0.0353. The first-order valence-electron chi connectivity index (χ1n) is 7.32. The Labute approximate surface area is 117 Å². The highest BCUT2D eigenvalue weighted by Gasteiger charge is 2.29. The highest BCUT2D eigenvalue weighted by Crippen LogP contribution is 2.24. The quantitative estimate of drug-likeness (QED) is 0.789. The molecule has 0 aromatic rings. The predicted molar refractivity (Wildman–Crippen MR) is 76.2 cm³/mol. The lowest BCUT2D eigenvalue weighted by atomic mass is 9.92. The number of ether oxygens (including phenoxy) is 2. The van der Waals surface area contributed by atoms with E-state index in [1.165, 1.54) is 0 Å². The summed E-state index contributed by atoms with van der Waals surface area (Å²) in [5.41, 5.74) is -0.415. The number of carbonyl (C=O) groups excluding carboxylic acids is 1. The lowest BCUT2D eigenvalue weighted by Crippen LogP contribution is -2.43. The minimum atomic E-state index is -0.415. The summed E-state index contributed by atoms with van der Waals surface area (Å²) in [5.74, 6) is 0.543. The van der Waals surface area contributed by atoms with Gasteiger partial charge in [-0.3, -0.25) is 0 Å². The van der Waals surface area contributed by atoms with Gasteiger partial charge in [-0.1, -0.05) is 0 Å². The molecule has 0 saturated carbocycles. The molecule has 0 spiro atoms. The fraction of sp³-hybridized carbons (Fsp3) is 0.933. The maximum atomic E-state index is 11.9. The summed E-state index contributed by atoms with van der Waals surface area (Å²) in [6.07, 6.45) is 2.32. The number of hydrogen-bond acceptors (Lipinski definition) is 3. The second-order valence-corrected chi connectivity index (χ2v) is 6.69. The number of hydrogen-bond donors (Lipinski definition) is 0. The van der Waals surface area contributed by atoms with Crippen LogP contribution < -0.4 is 0 Å². The first-order valence-corrected chi connectivity index (χ1v) is 7.32. The van der Waals surface area contributed by atoms with Crippen LogP contribution in [0.1, 0.15) is 54.4 Å². The van der Waals surface area contributed by atoms with Gasteiger partial charge >= 0.3 is 6.09 Å². The van der Waals surface area contributed by atoms with Crippen molar-refractivity contribution >= 4 is 6.09 Å². The van der Waals surface area contributed by atoms with Crippen molar-refractivity contribution in [2.45, 2.75) is 72.2 Å². The highest BCUT2D eigenvalue weighted by atomic mass is 16.6. The third-order valence-electron chi connectivity index (χ3n) is 3.34. The van der Waals surface area contributed by atoms with Crippen LogP contribution in [0.15, 0.2) is 0 Å². The summed E-state index contributed by atoms with van der Waals surface area (Å²) in [6.45, 7) is 13.5. The molecular formula is C15H29NO3. The molecule has 1 atom stereocenters. The number of rotatable bonds is 3. The summed E-state index contributed by atoms with van der Waals surface area (Å²) in [7, 11) is 0. The molecule has 1 rings (SSSR count). The Kier molecular flexibility index (Phi) is 5.65. The van der Waals surface area contributed by atoms with Crippen molar-refractivity contribution in [3.63, 3.8) is 0 Å². The molecule has 0 radical (unpaired) electrons. The van der Waals surface area contributed by atoms with Crippen LogP contribution in [-0.2, 0) is 9.47 Å². The average Bonchev–Trinajstić information content (AvgIpc) is 2.26. The summed E-state index contributed by atoms with van der Waals surface area (Å²) in [4.78, 5) is 13.7. The van der Waals surface area contributed by atoms with Gasteiger partial charge in [0.2, 0.25) is 0 Å². The Morgan fingerprint density at radius 1 is 1.16 bits per heavy atom. The summed E-state index contributed by atoms with van der Waals surface area (Å²) in [5, 5.41) is 0. The van der Waals surface area contributed by atoms with E-state index in [4.69, 9.17) is 9.47 Å². The van der Waals surface area contributed by atoms with E-state index in [1.807, 2.05) is 25.7 Å². The Morgan fingerprint density at radius 2 is 1.68 bits per heavy atom. The monoisotopic (exact) mass is 271 g/mol. The molecule has 0 bridgehead atoms. The Morgan fingerprint density at radius 3 is 2.11 bits per heavy atom. The van der Waals surface area contributed by atoms with E-state index >= 15 is 0 Å². The van der Waals surface area contributed by atoms with Crippen molar-refractivity contribution in [1.82, 2.24) is 4.90 Å². The van der Waals surface area contributed by atoms with Gasteiger partial charge in [-0.25, -0.2) is 4.79 Å². The summed E-state index contributed by atoms with van der Waals surface area (Å²) < 4.78 is 11.2. The van der Waals surface area contributed by atoms with E-state index in [0.29, 0.717) is 5.92 Å². The molecule has 0 aromatic heterocycles. The third kappa shape index (κ3) is 5.81. The highest BCUT2D eigenvalue weighted by molar-refractivity contribution is 5.68. The first-order chi connectivity index (χ1) is 8.69. The van der Waals surface area contributed by atoms with E-state index in [-0.39, 0.29) is 18.3 Å². The maximum Gasteiger partial charge on any atom is 0.410 e. The van der Waals surface area contributed by atoms with Crippen LogP contribution in [0.2, 0.25) is 0 Å².